The molecule has 139 heavy (non-hydrogen) atoms. The fraction of sp³-hybridized carbons (Fsp3) is 0.200. The molecule has 0 aliphatic carbocycles. The van der Waals surface area contributed by atoms with Crippen LogP contribution in [0.25, 0.3) is 179 Å². The fourth-order valence-electron chi connectivity index (χ4n) is 15.4. The van der Waals surface area contributed by atoms with Crippen molar-refractivity contribution in [3.8, 4) is 90.6 Å². The van der Waals surface area contributed by atoms with Gasteiger partial charge in [0.25, 0.3) is 23.6 Å². The summed E-state index contributed by atoms with van der Waals surface area (Å²) in [7, 11) is 13.7. The number of nitrogens with zero attached hydrogens (tertiary/aromatic N) is 20. The van der Waals surface area contributed by atoms with Crippen molar-refractivity contribution in [1.29, 1.82) is 0 Å². The number of ketones is 1. The zero-order valence-electron chi connectivity index (χ0n) is 78.2. The van der Waals surface area contributed by atoms with Gasteiger partial charge in [0, 0.05) is 188 Å². The number of imidazole rings is 4. The van der Waals surface area contributed by atoms with Crippen molar-refractivity contribution in [2.75, 3.05) is 72.3 Å². The third kappa shape index (κ3) is 19.8. The number of rotatable bonds is 22. The van der Waals surface area contributed by atoms with Crippen LogP contribution in [0.3, 0.4) is 0 Å². The predicted molar refractivity (Wildman–Crippen MR) is 530 cm³/mol. The number of amides is 7. The number of anilines is 3. The van der Waals surface area contributed by atoms with Crippen molar-refractivity contribution in [2.24, 2.45) is 11.8 Å². The second kappa shape index (κ2) is 39.5. The fourth-order valence-corrected chi connectivity index (χ4v) is 15.4. The summed E-state index contributed by atoms with van der Waals surface area (Å²) in [6, 6.07) is 39.1. The Morgan fingerprint density at radius 1 is 0.331 bits per heavy atom. The highest BCUT2D eigenvalue weighted by Crippen LogP contribution is 2.38. The number of aromatic nitrogens is 24. The Bertz CT molecular complexity index is 8150. The number of benzene rings is 4. The summed E-state index contributed by atoms with van der Waals surface area (Å²) in [5.41, 5.74) is 21.5. The topological polar surface area (TPSA) is 518 Å². The molecule has 0 aliphatic rings. The molecule has 0 spiro atoms. The Morgan fingerprint density at radius 2 is 0.633 bits per heavy atom. The van der Waals surface area contributed by atoms with Gasteiger partial charge in [-0.25, -0.2) is 39.9 Å². The summed E-state index contributed by atoms with van der Waals surface area (Å²) >= 11 is 0. The summed E-state index contributed by atoms with van der Waals surface area (Å²) in [4.78, 5) is 171. The van der Waals surface area contributed by atoms with Gasteiger partial charge in [0.2, 0.25) is 17.7 Å². The van der Waals surface area contributed by atoms with Crippen LogP contribution < -0.4 is 16.0 Å². The first-order valence-corrected chi connectivity index (χ1v) is 44.4. The summed E-state index contributed by atoms with van der Waals surface area (Å²) in [6.07, 6.45) is 20.3. The van der Waals surface area contributed by atoms with E-state index in [0.29, 0.717) is 156 Å². The molecule has 4 aromatic carbocycles. The van der Waals surface area contributed by atoms with E-state index in [1.165, 1.54) is 19.6 Å². The third-order valence-corrected chi connectivity index (χ3v) is 22.6. The van der Waals surface area contributed by atoms with Gasteiger partial charge >= 0.3 is 0 Å². The van der Waals surface area contributed by atoms with Gasteiger partial charge < -0.3 is 55.5 Å². The van der Waals surface area contributed by atoms with Crippen molar-refractivity contribution < 1.29 is 38.4 Å². The number of aromatic amines is 8. The molecule has 7 amide bonds. The second-order valence-corrected chi connectivity index (χ2v) is 34.4. The van der Waals surface area contributed by atoms with Gasteiger partial charge in [-0.05, 0) is 103 Å². The maximum Gasteiger partial charge on any atom is 0.255 e. The van der Waals surface area contributed by atoms with Crippen LogP contribution >= 0.6 is 0 Å². The van der Waals surface area contributed by atoms with E-state index >= 15 is 0 Å². The largest absolute Gasteiger partial charge is 0.345 e. The van der Waals surface area contributed by atoms with Gasteiger partial charge in [0.1, 0.15) is 50.6 Å². The monoisotopic (exact) mass is 1860 g/mol. The molecule has 16 aromatic heterocycles. The van der Waals surface area contributed by atoms with Crippen LogP contribution in [-0.4, -0.2) is 244 Å². The molecule has 698 valence electrons. The number of hydrogen-bond acceptors (Lipinski definition) is 24. The Kier molecular flexibility index (Phi) is 26.4. The first-order valence-electron chi connectivity index (χ1n) is 44.4. The van der Waals surface area contributed by atoms with Gasteiger partial charge in [0.05, 0.1) is 102 Å². The Labute approximate surface area is 792 Å². The van der Waals surface area contributed by atoms with E-state index in [1.54, 1.807) is 156 Å². The first-order chi connectivity index (χ1) is 67.0. The Balaban J connectivity index is 0.000000128. The average Bonchev–Trinajstić information content (AvgIpc) is 1.63. The summed E-state index contributed by atoms with van der Waals surface area (Å²) in [5.74, 6) is 1.84. The lowest BCUT2D eigenvalue weighted by Gasteiger charge is -2.09. The molecule has 0 saturated carbocycles. The number of hydrogen-bond donors (Lipinski definition) is 11. The van der Waals surface area contributed by atoms with Crippen molar-refractivity contribution in [3.05, 3.63) is 224 Å². The van der Waals surface area contributed by atoms with Crippen molar-refractivity contribution in [3.63, 3.8) is 0 Å². The molecule has 20 rings (SSSR count). The summed E-state index contributed by atoms with van der Waals surface area (Å²) in [5, 5.41) is 41.0. The molecule has 0 saturated heterocycles. The minimum absolute atomic E-state index is 0.0494. The van der Waals surface area contributed by atoms with Crippen molar-refractivity contribution in [1.82, 2.24) is 140 Å². The van der Waals surface area contributed by atoms with Crippen LogP contribution in [0.15, 0.2) is 196 Å². The van der Waals surface area contributed by atoms with Crippen LogP contribution in [0.5, 0.6) is 0 Å². The standard InChI is InChI=1S/C26H26N8O2.C25H24N8O2.C25H23N7O2.C24H22N8O2/c1-14(2)8-21(35)29-17-9-15(11-27-13-17)16-10-19-23(32-33-24(19)28-12-16)25-30-20-7-5-6-18(22(20)31-25)26(36)34(3)4;1-13(2)24(34)28-16-8-14(10-26-12-16)15-9-18-21(31-32-22(18)27-11-15)23-29-19-7-5-6-17(20(19)30-23)25(35)33(3)4;1-4-17(33)11-16-9-8-14(12-26-16)15-10-19-22(30-31-23(19)27-13-15)24-28-20-7-5-6-18(21(20)29-24)25(34)32(2)3;1-4-19(33)27-15-8-13(10-25-12-15)14-9-17-21(30-31-22(17)26-11-14)23-28-18-7-5-6-16(20(18)29-23)24(34)32(2)3/h5-7,9-14H,8H2,1-4H3,(H,29,35)(H,30,31)(H,28,32,33);5-13H,1-4H3,(H,28,34)(H,29,30)(H,27,31,32);5-10,12-13H,4,11H2,1-3H3,(H,28,29)(H,27,30,31);5-12H,4H2,1-3H3,(H,27,33)(H,28,29)(H,26,30,31). The SMILES string of the molecule is CC(C)C(=O)Nc1cncc(-c2cnc3n[nH]c(-c4nc5c(C(=O)N(C)C)cccc5[nH]4)c3c2)c1.CC(C)CC(=O)Nc1cncc(-c2cnc3n[nH]c(-c4nc5c(C(=O)N(C)C)cccc5[nH]4)c3c2)c1.CCC(=O)Cc1ccc(-c2cnc3n[nH]c(-c4nc5c(C(=O)N(C)C)cccc5[nH]4)c3c2)cn1.CCC(=O)Nc1cncc(-c2cnc3n[nH]c(-c4nc5c(C(=O)N(C)C)cccc5[nH]4)c3c2)c1. The van der Waals surface area contributed by atoms with Gasteiger partial charge in [0.15, 0.2) is 45.9 Å². The van der Waals surface area contributed by atoms with Gasteiger partial charge in [-0.2, -0.15) is 20.4 Å². The molecule has 16 heterocycles. The van der Waals surface area contributed by atoms with Crippen LogP contribution in [0, 0.1) is 11.8 Å². The molecule has 0 atom stereocenters. The maximum atomic E-state index is 12.6. The lowest BCUT2D eigenvalue weighted by atomic mass is 10.1. The van der Waals surface area contributed by atoms with E-state index in [-0.39, 0.29) is 59.0 Å². The highest BCUT2D eigenvalue weighted by Gasteiger charge is 2.27. The number of pyridine rings is 8. The smallest absolute Gasteiger partial charge is 0.255 e. The number of nitrogens with one attached hydrogen (secondary N) is 11. The van der Waals surface area contributed by atoms with E-state index in [4.69, 9.17) is 19.9 Å². The Morgan fingerprint density at radius 3 is 0.921 bits per heavy atom. The molecule has 0 unspecified atom stereocenters. The number of fused-ring (bicyclic) bond motifs is 8. The van der Waals surface area contributed by atoms with Crippen LogP contribution in [0.1, 0.15) is 108 Å². The summed E-state index contributed by atoms with van der Waals surface area (Å²) in [6.45, 7) is 11.3. The molecule has 0 bridgehead atoms. The number of para-hydroxylation sites is 4. The highest BCUT2D eigenvalue weighted by atomic mass is 16.2. The first kappa shape index (κ1) is 92.6. The number of Topliss-reactive ketones (excluding diaryl/α,β-unsaturated/α-hetero) is 1. The number of H-pyrrole nitrogens is 8. The molecule has 39 nitrogen and oxygen atoms in total. The van der Waals surface area contributed by atoms with Crippen LogP contribution in [0.2, 0.25) is 0 Å². The lowest BCUT2D eigenvalue weighted by molar-refractivity contribution is -0.119. The van der Waals surface area contributed by atoms with E-state index in [0.717, 1.165) is 93.8 Å². The molecule has 0 fully saturated rings. The molecule has 11 N–H and O–H groups in total. The highest BCUT2D eigenvalue weighted by molar-refractivity contribution is 6.10. The summed E-state index contributed by atoms with van der Waals surface area (Å²) < 4.78 is 0. The minimum atomic E-state index is -0.137. The van der Waals surface area contributed by atoms with Gasteiger partial charge in [-0.15, -0.1) is 0 Å². The zero-order valence-corrected chi connectivity index (χ0v) is 78.2. The molecule has 39 heteroatoms. The Hall–Kier alpha value is -18.2. The molecule has 0 aliphatic heterocycles. The minimum Gasteiger partial charge on any atom is -0.345 e. The average molecular weight is 1860 g/mol. The van der Waals surface area contributed by atoms with E-state index in [1.807, 2.05) is 138 Å². The normalized spacial score (nSPS) is 11.3. The third-order valence-electron chi connectivity index (χ3n) is 22.6. The maximum absolute atomic E-state index is 12.6. The molecular weight excluding hydrogens is 1760 g/mol. The molecule has 0 radical (unpaired) electrons. The van der Waals surface area contributed by atoms with Gasteiger partial charge in [-0.3, -0.25) is 78.7 Å². The van der Waals surface area contributed by atoms with E-state index in [9.17, 15) is 38.4 Å². The number of carbonyl (C=O) groups excluding carboxylic acids is 8. The predicted octanol–water partition coefficient (Wildman–Crippen LogP) is 15.5. The number of carbonyl (C=O) groups is 8. The zero-order chi connectivity index (χ0) is 97.7. The quantitative estimate of drug-likeness (QED) is 0.0300. The van der Waals surface area contributed by atoms with Crippen LogP contribution in [-0.2, 0) is 25.6 Å². The van der Waals surface area contributed by atoms with E-state index < -0.39 is 0 Å². The lowest BCUT2D eigenvalue weighted by Crippen LogP contribution is -2.21. The second-order valence-electron chi connectivity index (χ2n) is 34.4. The van der Waals surface area contributed by atoms with Crippen molar-refractivity contribution in [2.45, 2.75) is 67.2 Å². The van der Waals surface area contributed by atoms with Crippen LogP contribution in [0.4, 0.5) is 17.1 Å². The van der Waals surface area contributed by atoms with E-state index in [2.05, 4.69) is 117 Å². The molecular formula is C100H95N31O8. The van der Waals surface area contributed by atoms with Gasteiger partial charge in [-0.1, -0.05) is 71.9 Å². The molecule has 20 aromatic rings. The van der Waals surface area contributed by atoms with Crippen molar-refractivity contribution >= 4 is 152 Å².